The molecular formula is C33H45N5O9. The van der Waals surface area contributed by atoms with E-state index in [9.17, 15) is 34.2 Å². The Morgan fingerprint density at radius 1 is 0.745 bits per heavy atom. The van der Waals surface area contributed by atoms with Crippen LogP contribution in [0.15, 0.2) is 42.5 Å². The van der Waals surface area contributed by atoms with Crippen molar-refractivity contribution in [3.8, 4) is 11.5 Å². The second-order valence-electron chi connectivity index (χ2n) is 10.5. The molecule has 2 rings (SSSR count). The van der Waals surface area contributed by atoms with E-state index in [0.29, 0.717) is 43.5 Å². The minimum Gasteiger partial charge on any atom is -0.465 e. The van der Waals surface area contributed by atoms with E-state index < -0.39 is 30.3 Å². The highest BCUT2D eigenvalue weighted by molar-refractivity contribution is 5.98. The van der Waals surface area contributed by atoms with Crippen LogP contribution in [-0.2, 0) is 11.2 Å². The quantitative estimate of drug-likeness (QED) is 0.202. The fraction of sp³-hybridized carbons (Fsp3) is 0.424. The summed E-state index contributed by atoms with van der Waals surface area (Å²) in [5.41, 5.74) is 1.65. The summed E-state index contributed by atoms with van der Waals surface area (Å²) in [6.07, 6.45) is 0.571. The maximum atomic E-state index is 12.6. The summed E-state index contributed by atoms with van der Waals surface area (Å²) in [6, 6.07) is 9.49. The van der Waals surface area contributed by atoms with Gasteiger partial charge in [0.2, 0.25) is 5.91 Å². The Kier molecular flexibility index (Phi) is 15.0. The number of carbonyl (C=O) groups excluding carboxylic acids is 3. The normalized spacial score (nSPS) is 10.7. The highest BCUT2D eigenvalue weighted by atomic mass is 16.6. The summed E-state index contributed by atoms with van der Waals surface area (Å²) >= 11 is 0. The van der Waals surface area contributed by atoms with Crippen molar-refractivity contribution in [2.75, 3.05) is 56.6 Å². The van der Waals surface area contributed by atoms with Crippen molar-refractivity contribution in [2.45, 2.75) is 47.0 Å². The average Bonchev–Trinajstić information content (AvgIpc) is 3.05. The highest BCUT2D eigenvalue weighted by Gasteiger charge is 2.24. The third kappa shape index (κ3) is 11.2. The lowest BCUT2D eigenvalue weighted by atomic mass is 10.1. The molecule has 2 aromatic carbocycles. The van der Waals surface area contributed by atoms with E-state index in [0.717, 1.165) is 9.80 Å². The second-order valence-corrected chi connectivity index (χ2v) is 10.5. The van der Waals surface area contributed by atoms with Crippen molar-refractivity contribution in [2.24, 2.45) is 0 Å². The zero-order valence-corrected chi connectivity index (χ0v) is 27.8. The van der Waals surface area contributed by atoms with Crippen molar-refractivity contribution in [1.82, 2.24) is 15.1 Å². The van der Waals surface area contributed by atoms with Gasteiger partial charge in [-0.1, -0.05) is 26.0 Å². The molecule has 47 heavy (non-hydrogen) atoms. The summed E-state index contributed by atoms with van der Waals surface area (Å²) in [6.45, 7) is 8.62. The van der Waals surface area contributed by atoms with Gasteiger partial charge in [-0.25, -0.2) is 19.2 Å². The third-order valence-electron chi connectivity index (χ3n) is 7.05. The number of anilines is 2. The first-order valence-electron chi connectivity index (χ1n) is 15.5. The van der Waals surface area contributed by atoms with Gasteiger partial charge >= 0.3 is 24.4 Å². The number of hydrogen-bond donors (Lipinski definition) is 3. The van der Waals surface area contributed by atoms with Crippen LogP contribution in [0.5, 0.6) is 11.5 Å². The van der Waals surface area contributed by atoms with E-state index in [1.54, 1.807) is 52.2 Å². The van der Waals surface area contributed by atoms with E-state index in [-0.39, 0.29) is 42.5 Å². The van der Waals surface area contributed by atoms with Crippen molar-refractivity contribution in [3.63, 3.8) is 0 Å². The molecule has 0 unspecified atom stereocenters. The van der Waals surface area contributed by atoms with Crippen LogP contribution < -0.4 is 24.6 Å². The predicted molar refractivity (Wildman–Crippen MR) is 179 cm³/mol. The maximum Gasteiger partial charge on any atom is 0.415 e. The topological polar surface area (TPSA) is 169 Å². The van der Waals surface area contributed by atoms with Crippen LogP contribution >= 0.6 is 0 Å². The molecule has 5 amide bonds. The zero-order chi connectivity index (χ0) is 35.1. The number of carbonyl (C=O) groups is 5. The fourth-order valence-corrected chi connectivity index (χ4v) is 4.21. The Balaban J connectivity index is 2.21. The molecular weight excluding hydrogens is 610 g/mol. The molecule has 2 aromatic rings. The van der Waals surface area contributed by atoms with Crippen molar-refractivity contribution < 1.29 is 43.7 Å². The monoisotopic (exact) mass is 655 g/mol. The summed E-state index contributed by atoms with van der Waals surface area (Å²) in [4.78, 5) is 66.3. The van der Waals surface area contributed by atoms with Gasteiger partial charge in [0, 0.05) is 52.9 Å². The first-order chi connectivity index (χ1) is 22.4. The Labute approximate surface area is 275 Å². The van der Waals surface area contributed by atoms with Crippen molar-refractivity contribution >= 4 is 47.7 Å². The number of amides is 5. The van der Waals surface area contributed by atoms with Gasteiger partial charge in [-0.3, -0.25) is 14.6 Å². The molecule has 0 aliphatic rings. The van der Waals surface area contributed by atoms with Gasteiger partial charge in [0.25, 0.3) is 0 Å². The lowest BCUT2D eigenvalue weighted by Gasteiger charge is -2.27. The van der Waals surface area contributed by atoms with Crippen LogP contribution in [0.2, 0.25) is 0 Å². The molecule has 0 radical (unpaired) electrons. The zero-order valence-electron chi connectivity index (χ0n) is 27.8. The van der Waals surface area contributed by atoms with E-state index in [4.69, 9.17) is 9.47 Å². The van der Waals surface area contributed by atoms with E-state index in [1.807, 2.05) is 13.8 Å². The minimum atomic E-state index is -1.22. The van der Waals surface area contributed by atoms with Crippen LogP contribution in [0.1, 0.15) is 51.7 Å². The molecule has 0 aliphatic heterocycles. The molecule has 256 valence electrons. The van der Waals surface area contributed by atoms with Gasteiger partial charge in [0.05, 0.1) is 11.4 Å². The Morgan fingerprint density at radius 2 is 1.30 bits per heavy atom. The fourth-order valence-electron chi connectivity index (χ4n) is 4.21. The molecule has 0 saturated carbocycles. The van der Waals surface area contributed by atoms with Crippen LogP contribution in [0, 0.1) is 0 Å². The van der Waals surface area contributed by atoms with Gasteiger partial charge in [-0.2, -0.15) is 0 Å². The molecule has 0 spiro atoms. The Morgan fingerprint density at radius 3 is 1.83 bits per heavy atom. The second kappa shape index (κ2) is 18.6. The minimum absolute atomic E-state index is 0.0648. The molecule has 14 heteroatoms. The largest absolute Gasteiger partial charge is 0.465 e. The molecule has 14 nitrogen and oxygen atoms in total. The average molecular weight is 656 g/mol. The van der Waals surface area contributed by atoms with Gasteiger partial charge in [0.15, 0.2) is 11.5 Å². The molecule has 0 aliphatic carbocycles. The molecule has 3 N–H and O–H groups in total. The smallest absolute Gasteiger partial charge is 0.415 e. The third-order valence-corrected chi connectivity index (χ3v) is 7.05. The van der Waals surface area contributed by atoms with Crippen LogP contribution in [0.4, 0.5) is 30.6 Å². The van der Waals surface area contributed by atoms with Crippen LogP contribution in [0.25, 0.3) is 6.08 Å². The number of nitrogens with one attached hydrogen (secondary N) is 1. The van der Waals surface area contributed by atoms with Crippen LogP contribution in [-0.4, -0.2) is 97.1 Å². The van der Waals surface area contributed by atoms with Crippen molar-refractivity contribution in [1.29, 1.82) is 0 Å². The summed E-state index contributed by atoms with van der Waals surface area (Å²) < 4.78 is 10.9. The lowest BCUT2D eigenvalue weighted by molar-refractivity contribution is -0.116. The lowest BCUT2D eigenvalue weighted by Crippen LogP contribution is -2.35. The number of carboxylic acid groups (broad SMARTS) is 2. The number of hydrogen-bond acceptors (Lipinski definition) is 7. The number of rotatable bonds is 15. The molecule has 0 saturated heterocycles. The summed E-state index contributed by atoms with van der Waals surface area (Å²) in [5.74, 6) is -0.271. The number of nitrogens with zero attached hydrogens (tertiary/aromatic N) is 4. The molecule has 0 heterocycles. The van der Waals surface area contributed by atoms with Gasteiger partial charge < -0.3 is 34.8 Å². The van der Waals surface area contributed by atoms with E-state index in [2.05, 4.69) is 5.32 Å². The van der Waals surface area contributed by atoms with E-state index >= 15 is 0 Å². The number of benzene rings is 2. The molecule has 0 fully saturated rings. The summed E-state index contributed by atoms with van der Waals surface area (Å²) in [7, 11) is 3.15. The SMILES string of the molecule is CCCN(C(=O)O)c1ccc(/C=C/C(=O)NCCc2ccc(OC(=O)N(C)CC)c(OC(=O)N(C)CC)c2)cc1N(CCC)C(=O)O. The standard InChI is InChI=1S/C33H45N5O9/c1-7-19-37(30(40)41)25-14-11-23(21-26(25)38(20-8-2)31(42)43)13-16-29(39)34-18-17-24-12-15-27(46-32(44)35(5)9-3)28(22-24)47-33(45)36(6)10-4/h11-16,21-22H,7-10,17-20H2,1-6H3,(H,34,39)(H,40,41)(H,42,43)/b16-13+. The number of ether oxygens (including phenoxy) is 2. The maximum absolute atomic E-state index is 12.6. The molecule has 0 aromatic heterocycles. The molecule has 0 bridgehead atoms. The predicted octanol–water partition coefficient (Wildman–Crippen LogP) is 5.75. The van der Waals surface area contributed by atoms with Gasteiger partial charge in [0.1, 0.15) is 0 Å². The first kappa shape index (κ1) is 37.9. The Hall–Kier alpha value is -5.27. The van der Waals surface area contributed by atoms with Crippen molar-refractivity contribution in [3.05, 3.63) is 53.6 Å². The highest BCUT2D eigenvalue weighted by Crippen LogP contribution is 2.33. The van der Waals surface area contributed by atoms with Gasteiger partial charge in [-0.05, 0) is 74.6 Å². The summed E-state index contributed by atoms with van der Waals surface area (Å²) in [5, 5.41) is 22.4. The van der Waals surface area contributed by atoms with E-state index in [1.165, 1.54) is 34.1 Å². The first-order valence-corrected chi connectivity index (χ1v) is 15.5. The Bertz CT molecular complexity index is 1450. The molecule has 0 atom stereocenters. The van der Waals surface area contributed by atoms with Gasteiger partial charge in [-0.15, -0.1) is 0 Å². The van der Waals surface area contributed by atoms with Crippen LogP contribution in [0.3, 0.4) is 0 Å².